The molecule has 5 aliphatic rings. The third-order valence-electron chi connectivity index (χ3n) is 13.5. The Morgan fingerprint density at radius 2 is 1.74 bits per heavy atom. The van der Waals surface area contributed by atoms with Crippen molar-refractivity contribution in [3.63, 3.8) is 0 Å². The number of carbonyl (C=O) groups is 3. The number of aromatic nitrogens is 2. The largest absolute Gasteiger partial charge is 0.504 e. The smallest absolute Gasteiger partial charge is 0.341 e. The number of aliphatic hydroxyl groups is 1. The normalized spacial score (nSPS) is 36.2. The number of allylic oxidation sites excluding steroid dienone is 7. The average Bonchev–Trinajstić information content (AvgIpc) is 3.51. The van der Waals surface area contributed by atoms with E-state index in [1.807, 2.05) is 6.92 Å². The molecule has 254 valence electrons. The fraction of sp³-hybridized carbons (Fsp3) is 0.641. The van der Waals surface area contributed by atoms with Crippen molar-refractivity contribution in [1.29, 1.82) is 0 Å². The van der Waals surface area contributed by atoms with Crippen LogP contribution in [0.15, 0.2) is 58.7 Å². The van der Waals surface area contributed by atoms with E-state index in [1.54, 1.807) is 23.9 Å². The van der Waals surface area contributed by atoms with E-state index in [4.69, 9.17) is 9.47 Å². The van der Waals surface area contributed by atoms with Crippen LogP contribution in [0.5, 0.6) is 0 Å². The summed E-state index contributed by atoms with van der Waals surface area (Å²) in [7, 11) is 0. The predicted molar refractivity (Wildman–Crippen MR) is 179 cm³/mol. The Kier molecular flexibility index (Phi) is 8.28. The van der Waals surface area contributed by atoms with E-state index < -0.39 is 5.41 Å². The van der Waals surface area contributed by atoms with Gasteiger partial charge in [0.25, 0.3) is 0 Å². The van der Waals surface area contributed by atoms with Gasteiger partial charge in [0.05, 0.1) is 30.4 Å². The van der Waals surface area contributed by atoms with Crippen LogP contribution in [0.2, 0.25) is 0 Å². The number of ether oxygens (including phenoxy) is 2. The van der Waals surface area contributed by atoms with E-state index in [0.29, 0.717) is 36.8 Å². The Morgan fingerprint density at radius 3 is 2.49 bits per heavy atom. The lowest BCUT2D eigenvalue weighted by Gasteiger charge is -2.70. The molecule has 0 bridgehead atoms. The minimum absolute atomic E-state index is 0.0168. The van der Waals surface area contributed by atoms with E-state index in [0.717, 1.165) is 68.9 Å². The fourth-order valence-electron chi connectivity index (χ4n) is 10.2. The summed E-state index contributed by atoms with van der Waals surface area (Å²) in [6.07, 6.45) is 17.7. The summed E-state index contributed by atoms with van der Waals surface area (Å²) in [5.74, 6) is -0.532. The topological polar surface area (TPSA) is 108 Å². The lowest BCUT2D eigenvalue weighted by molar-refractivity contribution is -0.182. The summed E-state index contributed by atoms with van der Waals surface area (Å²) in [5, 5.41) is 14.7. The molecule has 0 saturated heterocycles. The number of unbranched alkanes of at least 4 members (excludes halogenated alkanes) is 1. The summed E-state index contributed by atoms with van der Waals surface area (Å²) in [6, 6.07) is 0. The number of aliphatic hydroxyl groups excluding tert-OH is 1. The van der Waals surface area contributed by atoms with Gasteiger partial charge in [-0.05, 0) is 118 Å². The minimum Gasteiger partial charge on any atom is -0.504 e. The molecule has 1 heterocycles. The lowest BCUT2D eigenvalue weighted by atomic mass is 9.34. The first-order valence-corrected chi connectivity index (χ1v) is 17.6. The van der Waals surface area contributed by atoms with E-state index in [9.17, 15) is 19.5 Å². The molecule has 5 aliphatic carbocycles. The fourth-order valence-corrected chi connectivity index (χ4v) is 10.2. The quantitative estimate of drug-likeness (QED) is 0.226. The molecule has 6 rings (SSSR count). The number of nitrogens with zero attached hydrogens (tertiary/aromatic N) is 2. The molecule has 0 aliphatic heterocycles. The number of hydrogen-bond donors (Lipinski definition) is 1. The maximum Gasteiger partial charge on any atom is 0.341 e. The maximum absolute atomic E-state index is 13.8. The van der Waals surface area contributed by atoms with Gasteiger partial charge in [0.1, 0.15) is 0 Å². The van der Waals surface area contributed by atoms with Crippen LogP contribution in [0.3, 0.4) is 0 Å². The van der Waals surface area contributed by atoms with E-state index >= 15 is 0 Å². The average molecular weight is 645 g/mol. The zero-order valence-corrected chi connectivity index (χ0v) is 29.3. The molecule has 0 radical (unpaired) electrons. The number of esters is 2. The van der Waals surface area contributed by atoms with Gasteiger partial charge in [-0.15, -0.1) is 0 Å². The second kappa shape index (κ2) is 11.6. The summed E-state index contributed by atoms with van der Waals surface area (Å²) >= 11 is 0. The van der Waals surface area contributed by atoms with Gasteiger partial charge in [-0.25, -0.2) is 4.79 Å². The molecule has 47 heavy (non-hydrogen) atoms. The molecular weight excluding hydrogens is 592 g/mol. The second-order valence-electron chi connectivity index (χ2n) is 16.2. The van der Waals surface area contributed by atoms with Gasteiger partial charge in [-0.2, -0.15) is 5.10 Å². The van der Waals surface area contributed by atoms with Crippen LogP contribution >= 0.6 is 0 Å². The summed E-state index contributed by atoms with van der Waals surface area (Å²) in [4.78, 5) is 38.5. The molecule has 0 aromatic carbocycles. The van der Waals surface area contributed by atoms with Crippen molar-refractivity contribution >= 4 is 17.7 Å². The summed E-state index contributed by atoms with van der Waals surface area (Å²) in [5.41, 5.74) is 3.81. The number of fused-ring (bicyclic) bond motifs is 7. The molecule has 3 saturated carbocycles. The van der Waals surface area contributed by atoms with Crippen LogP contribution in [0.4, 0.5) is 0 Å². The van der Waals surface area contributed by atoms with Gasteiger partial charge in [-0.3, -0.25) is 14.3 Å². The number of carbonyl (C=O) groups excluding carboxylic acids is 3. The highest BCUT2D eigenvalue weighted by molar-refractivity contribution is 6.06. The Balaban J connectivity index is 1.15. The molecule has 8 heteroatoms. The van der Waals surface area contributed by atoms with Crippen molar-refractivity contribution in [2.75, 3.05) is 13.2 Å². The van der Waals surface area contributed by atoms with Gasteiger partial charge < -0.3 is 14.6 Å². The standard InChI is InChI=1S/C39H52N2O6/c1-8-46-33(44)26-23-40-41(24-26)19-9-10-20-47-34(45)36(4)14-13-35(3)15-17-38(6)30-12-11-27-25(2)32(43)29(42)21-28(27)37(30,5)16-18-39(38,7)31(35)22-36/h11-12,21,23-24,31,43H,8-10,13-20,22H2,1-7H3/t31-,35-,36-,37+,38-,39+/m1/s1. The Bertz CT molecular complexity index is 1630. The van der Waals surface area contributed by atoms with Crippen molar-refractivity contribution in [2.24, 2.45) is 33.0 Å². The Hall–Kier alpha value is -3.42. The number of ketones is 1. The van der Waals surface area contributed by atoms with E-state index in [2.05, 4.69) is 51.9 Å². The first-order chi connectivity index (χ1) is 22.1. The zero-order chi connectivity index (χ0) is 34.0. The molecular formula is C39H52N2O6. The molecule has 8 nitrogen and oxygen atoms in total. The Labute approximate surface area is 279 Å². The van der Waals surface area contributed by atoms with E-state index in [-0.39, 0.29) is 45.1 Å². The first kappa shape index (κ1) is 33.5. The molecule has 0 spiro atoms. The number of rotatable bonds is 8. The van der Waals surface area contributed by atoms with Crippen LogP contribution in [0.25, 0.3) is 0 Å². The van der Waals surface area contributed by atoms with Crippen molar-refractivity contribution in [3.05, 3.63) is 64.2 Å². The lowest BCUT2D eigenvalue weighted by Crippen LogP contribution is -2.62. The SMILES string of the molecule is CCOC(=O)c1cnn(CCCCOC(=O)[C@]2(C)CC[C@]3(C)CC[C@]4(C)C5=CC=C6C(=CC(=O)C(O)=C6C)[C@]5(C)CC[C@@]4(C)[C@@H]3C2)c1. The van der Waals surface area contributed by atoms with Crippen molar-refractivity contribution < 1.29 is 29.0 Å². The minimum atomic E-state index is -0.533. The van der Waals surface area contributed by atoms with Gasteiger partial charge >= 0.3 is 11.9 Å². The van der Waals surface area contributed by atoms with Crippen LogP contribution < -0.4 is 0 Å². The van der Waals surface area contributed by atoms with Gasteiger partial charge in [0.15, 0.2) is 5.76 Å². The van der Waals surface area contributed by atoms with Crippen molar-refractivity contribution in [1.82, 2.24) is 9.78 Å². The predicted octanol–water partition coefficient (Wildman–Crippen LogP) is 8.01. The maximum atomic E-state index is 13.8. The third kappa shape index (κ3) is 5.16. The van der Waals surface area contributed by atoms with Crippen LogP contribution in [0, 0.1) is 33.0 Å². The highest BCUT2D eigenvalue weighted by Crippen LogP contribution is 2.75. The van der Waals surface area contributed by atoms with Crippen LogP contribution in [0.1, 0.15) is 117 Å². The van der Waals surface area contributed by atoms with Gasteiger partial charge in [0.2, 0.25) is 5.78 Å². The highest BCUT2D eigenvalue weighted by atomic mass is 16.5. The first-order valence-electron chi connectivity index (χ1n) is 17.6. The van der Waals surface area contributed by atoms with Crippen LogP contribution in [-0.4, -0.2) is 45.8 Å². The molecule has 3 fully saturated rings. The molecule has 6 atom stereocenters. The molecule has 1 aromatic rings. The number of hydrogen-bond acceptors (Lipinski definition) is 7. The van der Waals surface area contributed by atoms with Crippen LogP contribution in [-0.2, 0) is 25.6 Å². The Morgan fingerprint density at radius 1 is 1.00 bits per heavy atom. The summed E-state index contributed by atoms with van der Waals surface area (Å²) in [6.45, 7) is 16.8. The molecule has 1 N–H and O–H groups in total. The van der Waals surface area contributed by atoms with E-state index in [1.165, 1.54) is 11.8 Å². The van der Waals surface area contributed by atoms with Crippen molar-refractivity contribution in [2.45, 2.75) is 113 Å². The molecule has 0 amide bonds. The van der Waals surface area contributed by atoms with Gasteiger partial charge in [0, 0.05) is 23.7 Å². The third-order valence-corrected chi connectivity index (χ3v) is 13.5. The number of aryl methyl sites for hydroxylation is 1. The monoisotopic (exact) mass is 644 g/mol. The molecule has 0 unspecified atom stereocenters. The molecule has 1 aromatic heterocycles. The van der Waals surface area contributed by atoms with Crippen molar-refractivity contribution in [3.8, 4) is 0 Å². The highest BCUT2D eigenvalue weighted by Gasteiger charge is 2.67. The van der Waals surface area contributed by atoms with Gasteiger partial charge in [-0.1, -0.05) is 45.4 Å². The summed E-state index contributed by atoms with van der Waals surface area (Å²) < 4.78 is 12.7. The second-order valence-corrected chi connectivity index (χ2v) is 16.2. The zero-order valence-electron chi connectivity index (χ0n) is 29.3.